The van der Waals surface area contributed by atoms with Gasteiger partial charge in [-0.3, -0.25) is 4.79 Å². The second kappa shape index (κ2) is 6.01. The van der Waals surface area contributed by atoms with Crippen molar-refractivity contribution < 1.29 is 9.53 Å². The minimum absolute atomic E-state index is 0.0292. The number of hydrogen-bond donors (Lipinski definition) is 1. The Hall–Kier alpha value is -2.27. The van der Waals surface area contributed by atoms with Gasteiger partial charge in [0.1, 0.15) is 11.0 Å². The number of hydrogen-bond acceptors (Lipinski definition) is 4. The maximum Gasteiger partial charge on any atom is 0.244 e. The number of carbonyl (C=O) groups excluding carboxylic acids is 1. The fourth-order valence-corrected chi connectivity index (χ4v) is 3.04. The van der Waals surface area contributed by atoms with E-state index in [-0.39, 0.29) is 11.2 Å². The van der Waals surface area contributed by atoms with E-state index >= 15 is 0 Å². The quantitative estimate of drug-likeness (QED) is 0.946. The third-order valence-electron chi connectivity index (χ3n) is 3.10. The average molecular weight is 298 g/mol. The minimum Gasteiger partial charge on any atom is -0.497 e. The van der Waals surface area contributed by atoms with Gasteiger partial charge in [0.05, 0.1) is 12.8 Å². The highest BCUT2D eigenvalue weighted by molar-refractivity contribution is 8.15. The van der Waals surface area contributed by atoms with Gasteiger partial charge in [-0.25, -0.2) is 4.99 Å². The van der Waals surface area contributed by atoms with Crippen LogP contribution in [0, 0.1) is 0 Å². The monoisotopic (exact) mass is 298 g/mol. The molecule has 0 aromatic heterocycles. The predicted octanol–water partition coefficient (Wildman–Crippen LogP) is 3.29. The summed E-state index contributed by atoms with van der Waals surface area (Å²) < 4.78 is 5.11. The normalized spacial score (nSPS) is 19.6. The summed E-state index contributed by atoms with van der Waals surface area (Å²) in [5.41, 5.74) is 1.77. The van der Waals surface area contributed by atoms with Crippen LogP contribution in [-0.2, 0) is 4.79 Å². The van der Waals surface area contributed by atoms with Gasteiger partial charge in [0.15, 0.2) is 5.17 Å². The molecule has 0 bridgehead atoms. The van der Waals surface area contributed by atoms with Gasteiger partial charge >= 0.3 is 0 Å². The van der Waals surface area contributed by atoms with Gasteiger partial charge in [0.25, 0.3) is 0 Å². The summed E-state index contributed by atoms with van der Waals surface area (Å²) >= 11 is 1.43. The summed E-state index contributed by atoms with van der Waals surface area (Å²) in [5, 5.41) is 3.21. The summed E-state index contributed by atoms with van der Waals surface area (Å²) in [7, 11) is 1.62. The highest BCUT2D eigenvalue weighted by Gasteiger charge is 2.31. The number of aliphatic imine (C=N–C) groups is 1. The van der Waals surface area contributed by atoms with Crippen LogP contribution in [0.4, 0.5) is 5.69 Å². The van der Waals surface area contributed by atoms with Crippen LogP contribution >= 0.6 is 11.8 Å². The Labute approximate surface area is 127 Å². The molecule has 21 heavy (non-hydrogen) atoms. The SMILES string of the molecule is COc1ccc(N=C2NC(=O)C(c3ccccc3)S2)cc1. The van der Waals surface area contributed by atoms with Crippen molar-refractivity contribution in [3.05, 3.63) is 60.2 Å². The lowest BCUT2D eigenvalue weighted by atomic mass is 10.1. The molecule has 0 radical (unpaired) electrons. The lowest BCUT2D eigenvalue weighted by Crippen LogP contribution is -2.21. The first-order chi connectivity index (χ1) is 10.3. The number of benzene rings is 2. The Balaban J connectivity index is 1.78. The van der Waals surface area contributed by atoms with Crippen molar-refractivity contribution >= 4 is 28.5 Å². The predicted molar refractivity (Wildman–Crippen MR) is 85.0 cm³/mol. The topological polar surface area (TPSA) is 50.7 Å². The van der Waals surface area contributed by atoms with E-state index in [0.717, 1.165) is 17.0 Å². The molecule has 0 aliphatic carbocycles. The lowest BCUT2D eigenvalue weighted by Gasteiger charge is -2.04. The molecule has 1 atom stereocenters. The number of amidine groups is 1. The Kier molecular flexibility index (Phi) is 3.92. The maximum absolute atomic E-state index is 12.0. The second-order valence-electron chi connectivity index (χ2n) is 4.51. The zero-order valence-corrected chi connectivity index (χ0v) is 12.3. The smallest absolute Gasteiger partial charge is 0.244 e. The first kappa shape index (κ1) is 13.7. The van der Waals surface area contributed by atoms with Crippen molar-refractivity contribution in [2.45, 2.75) is 5.25 Å². The maximum atomic E-state index is 12.0. The molecular weight excluding hydrogens is 284 g/mol. The van der Waals surface area contributed by atoms with Crippen LogP contribution in [0.25, 0.3) is 0 Å². The van der Waals surface area contributed by atoms with Crippen LogP contribution in [0.15, 0.2) is 59.6 Å². The van der Waals surface area contributed by atoms with E-state index in [0.29, 0.717) is 5.17 Å². The van der Waals surface area contributed by atoms with E-state index in [2.05, 4.69) is 10.3 Å². The van der Waals surface area contributed by atoms with Crippen LogP contribution in [0.3, 0.4) is 0 Å². The number of carbonyl (C=O) groups is 1. The van der Waals surface area contributed by atoms with Crippen molar-refractivity contribution in [1.29, 1.82) is 0 Å². The molecule has 3 rings (SSSR count). The highest BCUT2D eigenvalue weighted by Crippen LogP contribution is 2.35. The Bertz CT molecular complexity index is 668. The zero-order chi connectivity index (χ0) is 14.7. The molecule has 0 saturated carbocycles. The molecule has 1 N–H and O–H groups in total. The van der Waals surface area contributed by atoms with Crippen molar-refractivity contribution in [3.63, 3.8) is 0 Å². The molecule has 0 spiro atoms. The molecule has 4 nitrogen and oxygen atoms in total. The number of ether oxygens (including phenoxy) is 1. The van der Waals surface area contributed by atoms with Gasteiger partial charge in [-0.1, -0.05) is 42.1 Å². The Morgan fingerprint density at radius 2 is 1.81 bits per heavy atom. The second-order valence-corrected chi connectivity index (χ2v) is 5.61. The fraction of sp³-hybridized carbons (Fsp3) is 0.125. The van der Waals surface area contributed by atoms with Gasteiger partial charge in [0.2, 0.25) is 5.91 Å². The van der Waals surface area contributed by atoms with E-state index in [1.807, 2.05) is 54.6 Å². The molecule has 1 aliphatic rings. The fourth-order valence-electron chi connectivity index (χ4n) is 2.04. The summed E-state index contributed by atoms with van der Waals surface area (Å²) in [6.45, 7) is 0. The average Bonchev–Trinajstić information content (AvgIpc) is 2.89. The number of nitrogens with zero attached hydrogens (tertiary/aromatic N) is 1. The molecule has 1 heterocycles. The standard InChI is InChI=1S/C16H14N2O2S/c1-20-13-9-7-12(8-10-13)17-16-18-15(19)14(21-16)11-5-3-2-4-6-11/h2-10,14H,1H3,(H,17,18,19). The van der Waals surface area contributed by atoms with E-state index in [1.54, 1.807) is 7.11 Å². The molecule has 1 amide bonds. The number of rotatable bonds is 3. The van der Waals surface area contributed by atoms with Gasteiger partial charge in [-0.05, 0) is 29.8 Å². The summed E-state index contributed by atoms with van der Waals surface area (Å²) in [6, 6.07) is 17.1. The lowest BCUT2D eigenvalue weighted by molar-refractivity contribution is -0.118. The van der Waals surface area contributed by atoms with Crippen molar-refractivity contribution in [3.8, 4) is 5.75 Å². The summed E-state index contributed by atoms with van der Waals surface area (Å²) in [5.74, 6) is 0.752. The van der Waals surface area contributed by atoms with Crippen molar-refractivity contribution in [2.24, 2.45) is 4.99 Å². The van der Waals surface area contributed by atoms with Crippen LogP contribution in [0.1, 0.15) is 10.8 Å². The molecule has 1 saturated heterocycles. The molecule has 1 aliphatic heterocycles. The summed E-state index contributed by atoms with van der Waals surface area (Å²) in [6.07, 6.45) is 0. The molecule has 1 unspecified atom stereocenters. The molecule has 2 aromatic carbocycles. The number of amides is 1. The van der Waals surface area contributed by atoms with Crippen LogP contribution < -0.4 is 10.1 Å². The largest absolute Gasteiger partial charge is 0.497 e. The highest BCUT2D eigenvalue weighted by atomic mass is 32.2. The van der Waals surface area contributed by atoms with Crippen molar-refractivity contribution in [2.75, 3.05) is 7.11 Å². The third kappa shape index (κ3) is 3.08. The van der Waals surface area contributed by atoms with Crippen LogP contribution in [0.2, 0.25) is 0 Å². The van der Waals surface area contributed by atoms with Gasteiger partial charge < -0.3 is 10.1 Å². The molecular formula is C16H14N2O2S. The Morgan fingerprint density at radius 3 is 2.48 bits per heavy atom. The van der Waals surface area contributed by atoms with E-state index in [1.165, 1.54) is 11.8 Å². The number of nitrogens with one attached hydrogen (secondary N) is 1. The first-order valence-electron chi connectivity index (χ1n) is 6.51. The minimum atomic E-state index is -0.233. The third-order valence-corrected chi connectivity index (χ3v) is 4.24. The van der Waals surface area contributed by atoms with E-state index in [9.17, 15) is 4.79 Å². The molecule has 2 aromatic rings. The number of thioether (sulfide) groups is 1. The molecule has 1 fully saturated rings. The first-order valence-corrected chi connectivity index (χ1v) is 7.39. The van der Waals surface area contributed by atoms with Crippen LogP contribution in [-0.4, -0.2) is 18.2 Å². The molecule has 5 heteroatoms. The Morgan fingerprint density at radius 1 is 1.10 bits per heavy atom. The van der Waals surface area contributed by atoms with Gasteiger partial charge in [-0.2, -0.15) is 0 Å². The summed E-state index contributed by atoms with van der Waals surface area (Å²) in [4.78, 5) is 16.5. The van der Waals surface area contributed by atoms with Gasteiger partial charge in [-0.15, -0.1) is 0 Å². The van der Waals surface area contributed by atoms with Gasteiger partial charge in [0, 0.05) is 0 Å². The van der Waals surface area contributed by atoms with E-state index in [4.69, 9.17) is 4.74 Å². The zero-order valence-electron chi connectivity index (χ0n) is 11.4. The van der Waals surface area contributed by atoms with Crippen LogP contribution in [0.5, 0.6) is 5.75 Å². The number of methoxy groups -OCH3 is 1. The van der Waals surface area contributed by atoms with E-state index < -0.39 is 0 Å². The van der Waals surface area contributed by atoms with Crippen molar-refractivity contribution in [1.82, 2.24) is 5.32 Å². The molecule has 106 valence electrons.